The van der Waals surface area contributed by atoms with Crippen molar-refractivity contribution >= 4 is 22.7 Å². The summed E-state index contributed by atoms with van der Waals surface area (Å²) >= 11 is 5.91. The second kappa shape index (κ2) is 3.70. The Morgan fingerprint density at radius 3 is 3.06 bits per heavy atom. The maximum Gasteiger partial charge on any atom is 0.205 e. The van der Waals surface area contributed by atoms with Gasteiger partial charge in [-0.2, -0.15) is 0 Å². The molecule has 17 heavy (non-hydrogen) atoms. The number of rotatable bonds is 1. The summed E-state index contributed by atoms with van der Waals surface area (Å²) in [6.07, 6.45) is 0. The van der Waals surface area contributed by atoms with Crippen LogP contribution < -0.4 is 5.73 Å². The van der Waals surface area contributed by atoms with Crippen LogP contribution in [-0.4, -0.2) is 24.2 Å². The summed E-state index contributed by atoms with van der Waals surface area (Å²) in [5.74, 6) is 0.625. The zero-order chi connectivity index (χ0) is 12.0. The van der Waals surface area contributed by atoms with Gasteiger partial charge in [-0.05, 0) is 19.1 Å². The van der Waals surface area contributed by atoms with E-state index in [2.05, 4.69) is 4.98 Å². The van der Waals surface area contributed by atoms with Gasteiger partial charge in [-0.1, -0.05) is 11.6 Å². The second-order valence-corrected chi connectivity index (χ2v) is 5.11. The molecular formula is C12H13ClN2O2. The summed E-state index contributed by atoms with van der Waals surface area (Å²) in [7, 11) is 0. The summed E-state index contributed by atoms with van der Waals surface area (Å²) in [4.78, 5) is 4.47. The largest absolute Gasteiger partial charge is 0.440 e. The third kappa shape index (κ3) is 1.64. The molecule has 1 aromatic carbocycles. The first-order valence-corrected chi connectivity index (χ1v) is 5.87. The Hall–Kier alpha value is -1.10. The molecule has 0 amide bonds. The van der Waals surface area contributed by atoms with E-state index in [4.69, 9.17) is 26.5 Å². The van der Waals surface area contributed by atoms with E-state index in [1.54, 1.807) is 12.1 Å². The van der Waals surface area contributed by atoms with Crippen LogP contribution in [0.25, 0.3) is 11.1 Å². The van der Waals surface area contributed by atoms with Gasteiger partial charge >= 0.3 is 0 Å². The highest BCUT2D eigenvalue weighted by Crippen LogP contribution is 2.33. The van der Waals surface area contributed by atoms with Crippen molar-refractivity contribution in [2.75, 3.05) is 13.2 Å². The SMILES string of the molecule is CC1(c2nc3ccc(Cl)cc3o2)COCC1N. The van der Waals surface area contributed by atoms with Gasteiger partial charge in [0.25, 0.3) is 0 Å². The molecule has 2 N–H and O–H groups in total. The number of fused-ring (bicyclic) bond motifs is 1. The summed E-state index contributed by atoms with van der Waals surface area (Å²) < 4.78 is 11.1. The van der Waals surface area contributed by atoms with Gasteiger partial charge in [0.1, 0.15) is 5.52 Å². The van der Waals surface area contributed by atoms with Crippen LogP contribution in [0.2, 0.25) is 5.02 Å². The smallest absolute Gasteiger partial charge is 0.205 e. The molecule has 0 radical (unpaired) electrons. The average molecular weight is 253 g/mol. The highest BCUT2D eigenvalue weighted by atomic mass is 35.5. The molecular weight excluding hydrogens is 240 g/mol. The molecule has 1 saturated heterocycles. The number of aromatic nitrogens is 1. The lowest BCUT2D eigenvalue weighted by atomic mass is 9.86. The lowest BCUT2D eigenvalue weighted by Gasteiger charge is -2.22. The minimum atomic E-state index is -0.356. The molecule has 2 heterocycles. The number of halogens is 1. The maximum atomic E-state index is 6.05. The number of ether oxygens (including phenoxy) is 1. The van der Waals surface area contributed by atoms with Crippen LogP contribution >= 0.6 is 11.6 Å². The molecule has 1 fully saturated rings. The van der Waals surface area contributed by atoms with E-state index in [1.165, 1.54) is 0 Å². The number of benzene rings is 1. The Morgan fingerprint density at radius 1 is 1.53 bits per heavy atom. The van der Waals surface area contributed by atoms with E-state index in [-0.39, 0.29) is 11.5 Å². The van der Waals surface area contributed by atoms with Crippen molar-refractivity contribution in [3.63, 3.8) is 0 Å². The third-order valence-corrected chi connectivity index (χ3v) is 3.59. The first-order chi connectivity index (χ1) is 8.09. The molecule has 1 aromatic heterocycles. The van der Waals surface area contributed by atoms with E-state index < -0.39 is 0 Å². The summed E-state index contributed by atoms with van der Waals surface area (Å²) in [5, 5.41) is 0.636. The van der Waals surface area contributed by atoms with Crippen LogP contribution in [0.5, 0.6) is 0 Å². The van der Waals surface area contributed by atoms with E-state index in [1.807, 2.05) is 13.0 Å². The number of nitrogens with two attached hydrogens (primary N) is 1. The van der Waals surface area contributed by atoms with Crippen molar-refractivity contribution in [2.45, 2.75) is 18.4 Å². The van der Waals surface area contributed by atoms with Crippen molar-refractivity contribution in [3.05, 3.63) is 29.1 Å². The van der Waals surface area contributed by atoms with E-state index in [0.29, 0.717) is 29.7 Å². The van der Waals surface area contributed by atoms with Gasteiger partial charge in [0.15, 0.2) is 5.58 Å². The van der Waals surface area contributed by atoms with Crippen LogP contribution in [0.15, 0.2) is 22.6 Å². The lowest BCUT2D eigenvalue weighted by molar-refractivity contribution is 0.173. The van der Waals surface area contributed by atoms with Crippen molar-refractivity contribution in [1.29, 1.82) is 0 Å². The molecule has 4 nitrogen and oxygen atoms in total. The fourth-order valence-corrected chi connectivity index (χ4v) is 2.21. The molecule has 90 valence electrons. The monoisotopic (exact) mass is 252 g/mol. The Labute approximate surface area is 104 Å². The predicted molar refractivity (Wildman–Crippen MR) is 65.2 cm³/mol. The molecule has 0 aliphatic carbocycles. The number of hydrogen-bond donors (Lipinski definition) is 1. The van der Waals surface area contributed by atoms with E-state index >= 15 is 0 Å². The standard InChI is InChI=1S/C12H13ClN2O2/c1-12(6-16-5-10(12)14)11-15-8-3-2-7(13)4-9(8)17-11/h2-4,10H,5-6,14H2,1H3. The Bertz CT molecular complexity index is 569. The fourth-order valence-electron chi connectivity index (χ4n) is 2.05. The van der Waals surface area contributed by atoms with E-state index in [0.717, 1.165) is 5.52 Å². The predicted octanol–water partition coefficient (Wildman–Crippen LogP) is 2.10. The summed E-state index contributed by atoms with van der Waals surface area (Å²) in [6, 6.07) is 5.31. The van der Waals surface area contributed by atoms with Crippen LogP contribution in [0.1, 0.15) is 12.8 Å². The molecule has 1 aliphatic rings. The molecule has 2 aromatic rings. The van der Waals surface area contributed by atoms with Gasteiger partial charge in [-0.25, -0.2) is 4.98 Å². The maximum absolute atomic E-state index is 6.05. The molecule has 2 atom stereocenters. The highest BCUT2D eigenvalue weighted by molar-refractivity contribution is 6.31. The van der Waals surface area contributed by atoms with Crippen LogP contribution in [0.3, 0.4) is 0 Å². The minimum Gasteiger partial charge on any atom is -0.440 e. The average Bonchev–Trinajstić information content (AvgIpc) is 2.84. The minimum absolute atomic E-state index is 0.0916. The Morgan fingerprint density at radius 2 is 2.35 bits per heavy atom. The molecule has 0 saturated carbocycles. The normalized spacial score (nSPS) is 29.0. The van der Waals surface area contributed by atoms with Gasteiger partial charge < -0.3 is 14.9 Å². The second-order valence-electron chi connectivity index (χ2n) is 4.67. The van der Waals surface area contributed by atoms with Crippen molar-refractivity contribution in [1.82, 2.24) is 4.98 Å². The van der Waals surface area contributed by atoms with Crippen LogP contribution in [0, 0.1) is 0 Å². The molecule has 5 heteroatoms. The van der Waals surface area contributed by atoms with Crippen molar-refractivity contribution < 1.29 is 9.15 Å². The zero-order valence-corrected chi connectivity index (χ0v) is 10.2. The molecule has 3 rings (SSSR count). The van der Waals surface area contributed by atoms with Gasteiger partial charge in [-0.15, -0.1) is 0 Å². The molecule has 1 aliphatic heterocycles. The first kappa shape index (κ1) is 11.0. The first-order valence-electron chi connectivity index (χ1n) is 5.49. The van der Waals surface area contributed by atoms with E-state index in [9.17, 15) is 0 Å². The third-order valence-electron chi connectivity index (χ3n) is 3.36. The van der Waals surface area contributed by atoms with Crippen molar-refractivity contribution in [2.24, 2.45) is 5.73 Å². The number of nitrogens with zero attached hydrogens (tertiary/aromatic N) is 1. The van der Waals surface area contributed by atoms with Gasteiger partial charge in [0, 0.05) is 17.1 Å². The summed E-state index contributed by atoms with van der Waals surface area (Å²) in [6.45, 7) is 3.09. The zero-order valence-electron chi connectivity index (χ0n) is 9.44. The van der Waals surface area contributed by atoms with Crippen LogP contribution in [-0.2, 0) is 10.2 Å². The van der Waals surface area contributed by atoms with Gasteiger partial charge in [0.2, 0.25) is 5.89 Å². The van der Waals surface area contributed by atoms with Gasteiger partial charge in [0.05, 0.1) is 18.6 Å². The highest BCUT2D eigenvalue weighted by Gasteiger charge is 2.43. The topological polar surface area (TPSA) is 61.3 Å². The lowest BCUT2D eigenvalue weighted by Crippen LogP contribution is -2.42. The fraction of sp³-hybridized carbons (Fsp3) is 0.417. The number of oxazole rings is 1. The van der Waals surface area contributed by atoms with Crippen LogP contribution in [0.4, 0.5) is 0 Å². The molecule has 2 unspecified atom stereocenters. The molecule has 0 spiro atoms. The van der Waals surface area contributed by atoms with Gasteiger partial charge in [-0.3, -0.25) is 0 Å². The Kier molecular flexibility index (Phi) is 2.40. The Balaban J connectivity index is 2.12. The van der Waals surface area contributed by atoms with Crippen molar-refractivity contribution in [3.8, 4) is 0 Å². The quantitative estimate of drug-likeness (QED) is 0.844. The summed E-state index contributed by atoms with van der Waals surface area (Å²) in [5.41, 5.74) is 7.17. The number of hydrogen-bond acceptors (Lipinski definition) is 4. The molecule has 0 bridgehead atoms.